The molecule has 0 unspecified atom stereocenters. The number of hydrogen-bond acceptors (Lipinski definition) is 4. The SMILES string of the molecule is O=C(CCc1cc(Cl)cs1)NO[C@H]1CCCCO1. The molecule has 1 aliphatic heterocycles. The molecule has 1 saturated heterocycles. The molecule has 18 heavy (non-hydrogen) atoms. The number of hydrogen-bond donors (Lipinski definition) is 1. The molecule has 0 spiro atoms. The maximum absolute atomic E-state index is 11.5. The van der Waals surface area contributed by atoms with Crippen molar-refractivity contribution >= 4 is 28.8 Å². The van der Waals surface area contributed by atoms with E-state index in [1.807, 2.05) is 11.4 Å². The van der Waals surface area contributed by atoms with Crippen molar-refractivity contribution < 1.29 is 14.4 Å². The second-order valence-corrected chi connectivity index (χ2v) is 5.60. The molecular weight excluding hydrogens is 274 g/mol. The summed E-state index contributed by atoms with van der Waals surface area (Å²) in [7, 11) is 0. The molecule has 1 aromatic rings. The molecule has 100 valence electrons. The normalized spacial score (nSPS) is 19.7. The predicted molar refractivity (Wildman–Crippen MR) is 70.5 cm³/mol. The molecule has 1 aromatic heterocycles. The van der Waals surface area contributed by atoms with Gasteiger partial charge < -0.3 is 4.74 Å². The predicted octanol–water partition coefficient (Wildman–Crippen LogP) is 2.91. The molecule has 0 bridgehead atoms. The largest absolute Gasteiger partial charge is 0.350 e. The second-order valence-electron chi connectivity index (χ2n) is 4.17. The van der Waals surface area contributed by atoms with Gasteiger partial charge in [-0.1, -0.05) is 11.6 Å². The summed E-state index contributed by atoms with van der Waals surface area (Å²) in [4.78, 5) is 17.8. The Bertz CT molecular complexity index is 390. The monoisotopic (exact) mass is 289 g/mol. The minimum absolute atomic E-state index is 0.131. The van der Waals surface area contributed by atoms with E-state index in [0.717, 1.165) is 29.2 Å². The molecule has 6 heteroatoms. The summed E-state index contributed by atoms with van der Waals surface area (Å²) < 4.78 is 5.34. The number of carbonyl (C=O) groups is 1. The van der Waals surface area contributed by atoms with Crippen LogP contribution in [0.1, 0.15) is 30.6 Å². The Labute approximate surface area is 115 Å². The van der Waals surface area contributed by atoms with Crippen LogP contribution in [0.3, 0.4) is 0 Å². The van der Waals surface area contributed by atoms with Crippen molar-refractivity contribution in [1.29, 1.82) is 0 Å². The van der Waals surface area contributed by atoms with Crippen molar-refractivity contribution in [3.05, 3.63) is 21.3 Å². The van der Waals surface area contributed by atoms with Gasteiger partial charge in [0.1, 0.15) is 0 Å². The summed E-state index contributed by atoms with van der Waals surface area (Å²) in [6, 6.07) is 1.88. The highest BCUT2D eigenvalue weighted by atomic mass is 35.5. The van der Waals surface area contributed by atoms with Crippen molar-refractivity contribution in [3.63, 3.8) is 0 Å². The van der Waals surface area contributed by atoms with Crippen LogP contribution in [0.2, 0.25) is 5.02 Å². The van der Waals surface area contributed by atoms with Crippen LogP contribution in [0, 0.1) is 0 Å². The average molecular weight is 290 g/mol. The fraction of sp³-hybridized carbons (Fsp3) is 0.583. The lowest BCUT2D eigenvalue weighted by Gasteiger charge is -2.22. The lowest BCUT2D eigenvalue weighted by atomic mass is 10.2. The number of aryl methyl sites for hydroxylation is 1. The van der Waals surface area contributed by atoms with Crippen molar-refractivity contribution in [1.82, 2.24) is 5.48 Å². The van der Waals surface area contributed by atoms with Crippen LogP contribution in [-0.2, 0) is 20.8 Å². The Morgan fingerprint density at radius 1 is 1.61 bits per heavy atom. The topological polar surface area (TPSA) is 47.6 Å². The number of carbonyl (C=O) groups excluding carboxylic acids is 1. The Balaban J connectivity index is 1.62. The number of halogens is 1. The molecule has 1 amide bonds. The summed E-state index contributed by atoms with van der Waals surface area (Å²) in [5.41, 5.74) is 2.44. The summed E-state index contributed by atoms with van der Waals surface area (Å²) in [5.74, 6) is -0.131. The van der Waals surface area contributed by atoms with Crippen LogP contribution >= 0.6 is 22.9 Å². The first-order chi connectivity index (χ1) is 8.74. The van der Waals surface area contributed by atoms with Gasteiger partial charge in [-0.25, -0.2) is 10.3 Å². The summed E-state index contributed by atoms with van der Waals surface area (Å²) in [6.45, 7) is 0.703. The third-order valence-electron chi connectivity index (χ3n) is 2.66. The molecule has 0 saturated carbocycles. The smallest absolute Gasteiger partial charge is 0.243 e. The first-order valence-corrected chi connectivity index (χ1v) is 7.29. The van der Waals surface area contributed by atoms with Crippen LogP contribution in [0.25, 0.3) is 0 Å². The van der Waals surface area contributed by atoms with Crippen molar-refractivity contribution in [2.75, 3.05) is 6.61 Å². The number of ether oxygens (including phenoxy) is 1. The lowest BCUT2D eigenvalue weighted by Crippen LogP contribution is -2.33. The summed E-state index contributed by atoms with van der Waals surface area (Å²) in [5, 5.41) is 2.59. The Morgan fingerprint density at radius 3 is 3.17 bits per heavy atom. The van der Waals surface area contributed by atoms with E-state index < -0.39 is 0 Å². The minimum atomic E-state index is -0.293. The number of nitrogens with one attached hydrogen (secondary N) is 1. The zero-order valence-electron chi connectivity index (χ0n) is 9.99. The van der Waals surface area contributed by atoms with E-state index in [-0.39, 0.29) is 12.2 Å². The molecular formula is C12H16ClNO3S. The van der Waals surface area contributed by atoms with Gasteiger partial charge >= 0.3 is 0 Å². The van der Waals surface area contributed by atoms with Gasteiger partial charge in [0.15, 0.2) is 6.29 Å². The van der Waals surface area contributed by atoms with Gasteiger partial charge in [-0.15, -0.1) is 11.3 Å². The third kappa shape index (κ3) is 4.57. The van der Waals surface area contributed by atoms with E-state index in [9.17, 15) is 4.79 Å². The van der Waals surface area contributed by atoms with Crippen LogP contribution in [-0.4, -0.2) is 18.8 Å². The number of rotatable bonds is 5. The van der Waals surface area contributed by atoms with Crippen molar-refractivity contribution in [2.24, 2.45) is 0 Å². The molecule has 1 aliphatic rings. The molecule has 1 atom stereocenters. The van der Waals surface area contributed by atoms with Crippen molar-refractivity contribution in [2.45, 2.75) is 38.4 Å². The molecule has 0 radical (unpaired) electrons. The highest BCUT2D eigenvalue weighted by Crippen LogP contribution is 2.20. The third-order valence-corrected chi connectivity index (χ3v) is 4.01. The molecule has 1 N–H and O–H groups in total. The summed E-state index contributed by atoms with van der Waals surface area (Å²) in [6.07, 6.45) is 3.75. The Hall–Kier alpha value is -0.620. The van der Waals surface area contributed by atoms with E-state index in [0.29, 0.717) is 19.4 Å². The Morgan fingerprint density at radius 2 is 2.50 bits per heavy atom. The molecule has 4 nitrogen and oxygen atoms in total. The molecule has 2 rings (SSSR count). The molecule has 0 aliphatic carbocycles. The van der Waals surface area contributed by atoms with Gasteiger partial charge in [0.25, 0.3) is 0 Å². The first-order valence-electron chi connectivity index (χ1n) is 6.03. The Kier molecular flexibility index (Phi) is 5.44. The summed E-state index contributed by atoms with van der Waals surface area (Å²) >= 11 is 7.37. The minimum Gasteiger partial charge on any atom is -0.350 e. The molecule has 0 aromatic carbocycles. The highest BCUT2D eigenvalue weighted by molar-refractivity contribution is 7.10. The van der Waals surface area contributed by atoms with Gasteiger partial charge in [0, 0.05) is 29.7 Å². The standard InChI is InChI=1S/C12H16ClNO3S/c13-9-7-10(18-8-9)4-5-11(15)14-17-12-3-1-2-6-16-12/h7-8,12H,1-6H2,(H,14,15)/t12-/m0/s1. The molecule has 1 fully saturated rings. The number of hydroxylamine groups is 1. The van der Waals surface area contributed by atoms with Gasteiger partial charge in [0.2, 0.25) is 5.91 Å². The molecule has 2 heterocycles. The van der Waals surface area contributed by atoms with Gasteiger partial charge in [-0.2, -0.15) is 0 Å². The fourth-order valence-electron chi connectivity index (χ4n) is 1.71. The van der Waals surface area contributed by atoms with Crippen LogP contribution in [0.4, 0.5) is 0 Å². The zero-order valence-corrected chi connectivity index (χ0v) is 11.6. The maximum atomic E-state index is 11.5. The van der Waals surface area contributed by atoms with Gasteiger partial charge in [0.05, 0.1) is 5.02 Å². The fourth-order valence-corrected chi connectivity index (χ4v) is 2.79. The van der Waals surface area contributed by atoms with E-state index in [4.69, 9.17) is 21.2 Å². The quantitative estimate of drug-likeness (QED) is 0.848. The first kappa shape index (κ1) is 13.8. The highest BCUT2D eigenvalue weighted by Gasteiger charge is 2.15. The van der Waals surface area contributed by atoms with E-state index in [1.54, 1.807) is 11.3 Å². The van der Waals surface area contributed by atoms with E-state index >= 15 is 0 Å². The van der Waals surface area contributed by atoms with Gasteiger partial charge in [-0.3, -0.25) is 4.79 Å². The van der Waals surface area contributed by atoms with Crippen LogP contribution in [0.5, 0.6) is 0 Å². The maximum Gasteiger partial charge on any atom is 0.243 e. The van der Waals surface area contributed by atoms with E-state index in [2.05, 4.69) is 5.48 Å². The second kappa shape index (κ2) is 7.09. The van der Waals surface area contributed by atoms with Crippen LogP contribution in [0.15, 0.2) is 11.4 Å². The van der Waals surface area contributed by atoms with Crippen LogP contribution < -0.4 is 5.48 Å². The number of amides is 1. The lowest BCUT2D eigenvalue weighted by molar-refractivity contribution is -0.200. The van der Waals surface area contributed by atoms with Crippen molar-refractivity contribution in [3.8, 4) is 0 Å². The number of thiophene rings is 1. The van der Waals surface area contributed by atoms with Gasteiger partial charge in [-0.05, 0) is 25.3 Å². The average Bonchev–Trinajstić information content (AvgIpc) is 2.81. The van der Waals surface area contributed by atoms with E-state index in [1.165, 1.54) is 0 Å². The zero-order chi connectivity index (χ0) is 12.8.